The summed E-state index contributed by atoms with van der Waals surface area (Å²) >= 11 is 0. The minimum absolute atomic E-state index is 0.0285. The number of carbonyl (C=O) groups excluding carboxylic acids is 2. The summed E-state index contributed by atoms with van der Waals surface area (Å²) in [5, 5.41) is 2.66. The van der Waals surface area contributed by atoms with Crippen molar-refractivity contribution in [2.24, 2.45) is 0 Å². The number of nitrogens with one attached hydrogen (secondary N) is 1. The predicted molar refractivity (Wildman–Crippen MR) is 86.7 cm³/mol. The fourth-order valence-corrected chi connectivity index (χ4v) is 2.08. The summed E-state index contributed by atoms with van der Waals surface area (Å²) in [5.41, 5.74) is 0.992. The van der Waals surface area contributed by atoms with Crippen LogP contribution in [-0.2, 0) is 20.7 Å². The van der Waals surface area contributed by atoms with Crippen molar-refractivity contribution in [3.05, 3.63) is 48.2 Å². The van der Waals surface area contributed by atoms with Gasteiger partial charge in [-0.25, -0.2) is 0 Å². The fourth-order valence-electron chi connectivity index (χ4n) is 2.08. The maximum atomic E-state index is 11.6. The maximum absolute atomic E-state index is 11.6. The van der Waals surface area contributed by atoms with Crippen molar-refractivity contribution in [3.63, 3.8) is 0 Å². The van der Waals surface area contributed by atoms with Gasteiger partial charge in [-0.05, 0) is 26.0 Å². The van der Waals surface area contributed by atoms with Crippen molar-refractivity contribution in [1.82, 2.24) is 5.32 Å². The number of rotatable bonds is 7. The van der Waals surface area contributed by atoms with E-state index in [1.54, 1.807) is 0 Å². The molecule has 0 saturated carbocycles. The van der Waals surface area contributed by atoms with E-state index in [1.165, 1.54) is 0 Å². The molecule has 0 bridgehead atoms. The van der Waals surface area contributed by atoms with Gasteiger partial charge in [0.15, 0.2) is 6.61 Å². The van der Waals surface area contributed by atoms with Gasteiger partial charge in [-0.2, -0.15) is 0 Å². The van der Waals surface area contributed by atoms with Gasteiger partial charge in [0.05, 0.1) is 6.42 Å². The molecule has 1 aromatic heterocycles. The van der Waals surface area contributed by atoms with Gasteiger partial charge in [0, 0.05) is 18.0 Å². The number of hydrogen-bond donors (Lipinski definition) is 1. The maximum Gasteiger partial charge on any atom is 0.306 e. The average molecular weight is 315 g/mol. The molecule has 0 spiro atoms. The zero-order valence-corrected chi connectivity index (χ0v) is 13.4. The summed E-state index contributed by atoms with van der Waals surface area (Å²) in [7, 11) is 0. The first-order chi connectivity index (χ1) is 11.0. The van der Waals surface area contributed by atoms with Gasteiger partial charge in [-0.3, -0.25) is 9.59 Å². The first-order valence-corrected chi connectivity index (χ1v) is 7.63. The Kier molecular flexibility index (Phi) is 5.97. The van der Waals surface area contributed by atoms with E-state index in [1.807, 2.05) is 56.3 Å². The van der Waals surface area contributed by atoms with E-state index in [4.69, 9.17) is 9.15 Å². The van der Waals surface area contributed by atoms with E-state index in [0.717, 1.165) is 11.3 Å². The lowest BCUT2D eigenvalue weighted by Gasteiger charge is -2.08. The molecule has 0 aliphatic rings. The average Bonchev–Trinajstić information content (AvgIpc) is 3.00. The van der Waals surface area contributed by atoms with Gasteiger partial charge >= 0.3 is 5.97 Å². The zero-order valence-electron chi connectivity index (χ0n) is 13.4. The lowest BCUT2D eigenvalue weighted by atomic mass is 10.2. The van der Waals surface area contributed by atoms with Crippen molar-refractivity contribution in [1.29, 1.82) is 0 Å². The molecule has 0 aliphatic heterocycles. The van der Waals surface area contributed by atoms with Crippen molar-refractivity contribution >= 4 is 11.9 Å². The van der Waals surface area contributed by atoms with Crippen LogP contribution in [0.2, 0.25) is 0 Å². The van der Waals surface area contributed by atoms with Crippen LogP contribution < -0.4 is 5.32 Å². The van der Waals surface area contributed by atoms with E-state index in [9.17, 15) is 9.59 Å². The molecule has 0 radical (unpaired) electrons. The Morgan fingerprint density at radius 1 is 1.13 bits per heavy atom. The number of ether oxygens (including phenoxy) is 1. The summed E-state index contributed by atoms with van der Waals surface area (Å²) in [6.45, 7) is 3.45. The number of carbonyl (C=O) groups is 2. The zero-order chi connectivity index (χ0) is 16.7. The molecule has 1 heterocycles. The summed E-state index contributed by atoms with van der Waals surface area (Å²) in [4.78, 5) is 23.0. The Bertz CT molecular complexity index is 646. The van der Waals surface area contributed by atoms with Gasteiger partial charge < -0.3 is 14.5 Å². The standard InChI is InChI=1S/C18H21NO4/c1-13(2)19-17(20)12-22-18(21)11-9-15-8-10-16(23-15)14-6-4-3-5-7-14/h3-8,10,13H,9,11-12H2,1-2H3,(H,19,20). The highest BCUT2D eigenvalue weighted by molar-refractivity contribution is 5.80. The van der Waals surface area contributed by atoms with Crippen LogP contribution >= 0.6 is 0 Å². The molecule has 5 heteroatoms. The second kappa shape index (κ2) is 8.17. The summed E-state index contributed by atoms with van der Waals surface area (Å²) in [6.07, 6.45) is 0.619. The van der Waals surface area contributed by atoms with Crippen LogP contribution in [0, 0.1) is 0 Å². The molecule has 2 rings (SSSR count). The predicted octanol–water partition coefficient (Wildman–Crippen LogP) is 2.95. The van der Waals surface area contributed by atoms with Crippen LogP contribution in [0.15, 0.2) is 46.9 Å². The Morgan fingerprint density at radius 2 is 1.87 bits per heavy atom. The summed E-state index contributed by atoms with van der Waals surface area (Å²) in [6, 6.07) is 13.5. The molecule has 5 nitrogen and oxygen atoms in total. The van der Waals surface area contributed by atoms with Gasteiger partial charge in [-0.15, -0.1) is 0 Å². The molecule has 23 heavy (non-hydrogen) atoms. The highest BCUT2D eigenvalue weighted by Crippen LogP contribution is 2.22. The van der Waals surface area contributed by atoms with E-state index in [-0.39, 0.29) is 25.0 Å². The van der Waals surface area contributed by atoms with E-state index < -0.39 is 5.97 Å². The van der Waals surface area contributed by atoms with Crippen molar-refractivity contribution in [2.75, 3.05) is 6.61 Å². The highest BCUT2D eigenvalue weighted by Gasteiger charge is 2.10. The first kappa shape index (κ1) is 16.8. The third kappa shape index (κ3) is 5.62. The normalized spacial score (nSPS) is 10.6. The van der Waals surface area contributed by atoms with Crippen molar-refractivity contribution < 1.29 is 18.7 Å². The van der Waals surface area contributed by atoms with Gasteiger partial charge in [0.1, 0.15) is 11.5 Å². The van der Waals surface area contributed by atoms with Crippen molar-refractivity contribution in [3.8, 4) is 11.3 Å². The SMILES string of the molecule is CC(C)NC(=O)COC(=O)CCc1ccc(-c2ccccc2)o1. The van der Waals surface area contributed by atoms with Gasteiger partial charge in [-0.1, -0.05) is 30.3 Å². The van der Waals surface area contributed by atoms with Crippen LogP contribution in [0.25, 0.3) is 11.3 Å². The van der Waals surface area contributed by atoms with Gasteiger partial charge in [0.2, 0.25) is 0 Å². The van der Waals surface area contributed by atoms with Crippen molar-refractivity contribution in [2.45, 2.75) is 32.7 Å². The Morgan fingerprint density at radius 3 is 2.57 bits per heavy atom. The molecule has 1 N–H and O–H groups in total. The number of benzene rings is 1. The number of aryl methyl sites for hydroxylation is 1. The molecule has 0 saturated heterocycles. The molecular weight excluding hydrogens is 294 g/mol. The van der Waals surface area contributed by atoms with Crippen LogP contribution in [0.3, 0.4) is 0 Å². The van der Waals surface area contributed by atoms with E-state index in [0.29, 0.717) is 12.2 Å². The second-order valence-electron chi connectivity index (χ2n) is 5.51. The molecule has 1 aromatic carbocycles. The summed E-state index contributed by atoms with van der Waals surface area (Å²) in [5.74, 6) is 0.775. The number of esters is 1. The van der Waals surface area contributed by atoms with E-state index >= 15 is 0 Å². The van der Waals surface area contributed by atoms with Crippen LogP contribution in [-0.4, -0.2) is 24.5 Å². The Labute approximate surface area is 135 Å². The molecular formula is C18H21NO4. The Hall–Kier alpha value is -2.56. The molecule has 2 aromatic rings. The quantitative estimate of drug-likeness (QED) is 0.798. The monoisotopic (exact) mass is 315 g/mol. The summed E-state index contributed by atoms with van der Waals surface area (Å²) < 4.78 is 10.6. The van der Waals surface area contributed by atoms with Crippen LogP contribution in [0.5, 0.6) is 0 Å². The number of hydrogen-bond acceptors (Lipinski definition) is 4. The number of amides is 1. The number of furan rings is 1. The van der Waals surface area contributed by atoms with E-state index in [2.05, 4.69) is 5.32 Å². The smallest absolute Gasteiger partial charge is 0.306 e. The largest absolute Gasteiger partial charge is 0.461 e. The molecule has 0 fully saturated rings. The lowest BCUT2D eigenvalue weighted by Crippen LogP contribution is -2.34. The third-order valence-electron chi connectivity index (χ3n) is 3.11. The van der Waals surface area contributed by atoms with Crippen LogP contribution in [0.1, 0.15) is 26.0 Å². The molecule has 122 valence electrons. The molecule has 0 unspecified atom stereocenters. The first-order valence-electron chi connectivity index (χ1n) is 7.63. The molecule has 0 aliphatic carbocycles. The van der Waals surface area contributed by atoms with Crippen LogP contribution in [0.4, 0.5) is 0 Å². The minimum Gasteiger partial charge on any atom is -0.461 e. The third-order valence-corrected chi connectivity index (χ3v) is 3.11. The minimum atomic E-state index is -0.415. The second-order valence-corrected chi connectivity index (χ2v) is 5.51. The molecule has 1 amide bonds. The topological polar surface area (TPSA) is 68.5 Å². The highest BCUT2D eigenvalue weighted by atomic mass is 16.5. The fraction of sp³-hybridized carbons (Fsp3) is 0.333. The lowest BCUT2D eigenvalue weighted by molar-refractivity contribution is -0.148. The Balaban J connectivity index is 1.77. The molecule has 0 atom stereocenters. The van der Waals surface area contributed by atoms with Gasteiger partial charge in [0.25, 0.3) is 5.91 Å².